The van der Waals surface area contributed by atoms with Crippen LogP contribution in [0.15, 0.2) is 73.1 Å². The van der Waals surface area contributed by atoms with E-state index in [-0.39, 0.29) is 18.0 Å². The fourth-order valence-corrected chi connectivity index (χ4v) is 4.72. The third-order valence-corrected chi connectivity index (χ3v) is 6.55. The molecule has 0 atom stereocenters. The number of nitrogen functional groups attached to an aromatic ring is 1. The van der Waals surface area contributed by atoms with Gasteiger partial charge in [0.15, 0.2) is 5.65 Å². The lowest BCUT2D eigenvalue weighted by Crippen LogP contribution is -2.37. The van der Waals surface area contributed by atoms with Crippen molar-refractivity contribution in [1.82, 2.24) is 25.1 Å². The molecule has 3 N–H and O–H groups in total. The van der Waals surface area contributed by atoms with Crippen LogP contribution in [0.25, 0.3) is 22.3 Å². The molecule has 9 nitrogen and oxygen atoms in total. The van der Waals surface area contributed by atoms with Gasteiger partial charge < -0.3 is 20.5 Å². The summed E-state index contributed by atoms with van der Waals surface area (Å²) in [6.45, 7) is 0.419. The van der Waals surface area contributed by atoms with Crippen molar-refractivity contribution in [2.45, 2.75) is 37.8 Å². The molecular formula is C28H30N6O3. The highest BCUT2D eigenvalue weighted by molar-refractivity contribution is 5.98. The van der Waals surface area contributed by atoms with E-state index in [2.05, 4.69) is 15.3 Å². The van der Waals surface area contributed by atoms with Crippen molar-refractivity contribution in [2.24, 2.45) is 0 Å². The minimum absolute atomic E-state index is 0.0902. The molecule has 0 bridgehead atoms. The quantitative estimate of drug-likeness (QED) is 0.339. The largest absolute Gasteiger partial charge is 0.457 e. The molecule has 2 aromatic heterocycles. The first kappa shape index (κ1) is 24.5. The van der Waals surface area contributed by atoms with E-state index >= 15 is 0 Å². The molecule has 4 aromatic rings. The number of ether oxygens (including phenoxy) is 2. The van der Waals surface area contributed by atoms with E-state index in [9.17, 15) is 4.79 Å². The zero-order valence-corrected chi connectivity index (χ0v) is 20.7. The lowest BCUT2D eigenvalue weighted by molar-refractivity contribution is -0.117. The van der Waals surface area contributed by atoms with Crippen LogP contribution in [0.4, 0.5) is 5.82 Å². The Labute approximate surface area is 215 Å². The molecule has 1 fully saturated rings. The second-order valence-electron chi connectivity index (χ2n) is 9.06. The number of nitrogens with one attached hydrogen (secondary N) is 1. The first-order chi connectivity index (χ1) is 18.1. The summed E-state index contributed by atoms with van der Waals surface area (Å²) >= 11 is 0. The Balaban J connectivity index is 1.34. The molecule has 1 saturated carbocycles. The smallest absolute Gasteiger partial charge is 0.243 e. The predicted molar refractivity (Wildman–Crippen MR) is 142 cm³/mol. The SMILES string of the molecule is COCC=CC(=O)NC1CCC(n2nc(-c3ccc(Oc4ccccc4)cc3)c3c(N)ncnc32)CC1. The molecule has 0 saturated heterocycles. The molecule has 37 heavy (non-hydrogen) atoms. The van der Waals surface area contributed by atoms with Crippen LogP contribution in [0.1, 0.15) is 31.7 Å². The third kappa shape index (κ3) is 5.62. The number of hydrogen-bond acceptors (Lipinski definition) is 7. The number of aromatic nitrogens is 4. The van der Waals surface area contributed by atoms with Gasteiger partial charge in [-0.1, -0.05) is 24.3 Å². The summed E-state index contributed by atoms with van der Waals surface area (Å²) < 4.78 is 12.9. The van der Waals surface area contributed by atoms with E-state index < -0.39 is 0 Å². The van der Waals surface area contributed by atoms with Crippen molar-refractivity contribution in [1.29, 1.82) is 0 Å². The molecule has 0 unspecified atom stereocenters. The summed E-state index contributed by atoms with van der Waals surface area (Å²) in [5.74, 6) is 1.83. The molecule has 9 heteroatoms. The fraction of sp³-hybridized carbons (Fsp3) is 0.286. The number of anilines is 1. The Morgan fingerprint density at radius 3 is 2.51 bits per heavy atom. The summed E-state index contributed by atoms with van der Waals surface area (Å²) in [5, 5.41) is 8.80. The summed E-state index contributed by atoms with van der Waals surface area (Å²) in [7, 11) is 1.60. The van der Waals surface area contributed by atoms with Gasteiger partial charge in [-0.2, -0.15) is 5.10 Å². The van der Waals surface area contributed by atoms with E-state index in [1.165, 1.54) is 12.4 Å². The molecule has 1 aliphatic rings. The highest BCUT2D eigenvalue weighted by Crippen LogP contribution is 2.36. The normalized spacial score (nSPS) is 17.8. The van der Waals surface area contributed by atoms with Crippen molar-refractivity contribution in [3.8, 4) is 22.8 Å². The van der Waals surface area contributed by atoms with Gasteiger partial charge in [0.1, 0.15) is 29.3 Å². The van der Waals surface area contributed by atoms with Gasteiger partial charge in [0.05, 0.1) is 18.0 Å². The molecule has 190 valence electrons. The molecule has 0 radical (unpaired) electrons. The first-order valence-corrected chi connectivity index (χ1v) is 12.4. The van der Waals surface area contributed by atoms with Gasteiger partial charge in [-0.05, 0) is 62.1 Å². The minimum atomic E-state index is -0.0902. The Hall–Kier alpha value is -4.24. The van der Waals surface area contributed by atoms with Crippen LogP contribution in [0.5, 0.6) is 11.5 Å². The number of rotatable bonds is 8. The van der Waals surface area contributed by atoms with Gasteiger partial charge >= 0.3 is 0 Å². The lowest BCUT2D eigenvalue weighted by Gasteiger charge is -2.29. The molecule has 2 aromatic carbocycles. The fourth-order valence-electron chi connectivity index (χ4n) is 4.72. The number of nitrogens with zero attached hydrogens (tertiary/aromatic N) is 4. The van der Waals surface area contributed by atoms with E-state index in [1.54, 1.807) is 13.2 Å². The predicted octanol–water partition coefficient (Wildman–Crippen LogP) is 4.67. The summed E-state index contributed by atoms with van der Waals surface area (Å²) in [5.41, 5.74) is 8.69. The molecule has 1 amide bonds. The first-order valence-electron chi connectivity index (χ1n) is 12.4. The maximum atomic E-state index is 12.1. The topological polar surface area (TPSA) is 117 Å². The van der Waals surface area contributed by atoms with E-state index in [0.29, 0.717) is 12.4 Å². The van der Waals surface area contributed by atoms with Crippen molar-refractivity contribution in [3.63, 3.8) is 0 Å². The Morgan fingerprint density at radius 1 is 1.05 bits per heavy atom. The second-order valence-corrected chi connectivity index (χ2v) is 9.06. The number of benzene rings is 2. The number of carbonyl (C=O) groups excluding carboxylic acids is 1. The second kappa shape index (κ2) is 11.2. The van der Waals surface area contributed by atoms with Crippen molar-refractivity contribution < 1.29 is 14.3 Å². The number of fused-ring (bicyclic) bond motifs is 1. The monoisotopic (exact) mass is 498 g/mol. The maximum absolute atomic E-state index is 12.1. The zero-order valence-electron chi connectivity index (χ0n) is 20.7. The van der Waals surface area contributed by atoms with E-state index in [0.717, 1.165) is 59.5 Å². The highest BCUT2D eigenvalue weighted by atomic mass is 16.5. The molecule has 5 rings (SSSR count). The van der Waals surface area contributed by atoms with Crippen LogP contribution in [-0.2, 0) is 9.53 Å². The van der Waals surface area contributed by atoms with Crippen LogP contribution in [0.2, 0.25) is 0 Å². The number of nitrogens with two attached hydrogens (primary N) is 1. The summed E-state index contributed by atoms with van der Waals surface area (Å²) in [6, 6.07) is 17.7. The maximum Gasteiger partial charge on any atom is 0.243 e. The van der Waals surface area contributed by atoms with Crippen molar-refractivity contribution in [3.05, 3.63) is 73.1 Å². The Bertz CT molecular complexity index is 1380. The van der Waals surface area contributed by atoms with Gasteiger partial charge in [-0.3, -0.25) is 4.79 Å². The van der Waals surface area contributed by atoms with Crippen LogP contribution < -0.4 is 15.8 Å². The number of amides is 1. The van der Waals surface area contributed by atoms with Crippen LogP contribution in [0, 0.1) is 0 Å². The zero-order chi connectivity index (χ0) is 25.6. The average molecular weight is 499 g/mol. The summed E-state index contributed by atoms with van der Waals surface area (Å²) in [4.78, 5) is 20.9. The van der Waals surface area contributed by atoms with Crippen LogP contribution >= 0.6 is 0 Å². The minimum Gasteiger partial charge on any atom is -0.457 e. The van der Waals surface area contributed by atoms with Crippen LogP contribution in [-0.4, -0.2) is 45.4 Å². The number of hydrogen-bond donors (Lipinski definition) is 2. The molecule has 0 spiro atoms. The average Bonchev–Trinajstić information content (AvgIpc) is 3.31. The number of para-hydroxylation sites is 1. The van der Waals surface area contributed by atoms with Crippen LogP contribution in [0.3, 0.4) is 0 Å². The third-order valence-electron chi connectivity index (χ3n) is 6.55. The molecule has 2 heterocycles. The standard InChI is InChI=1S/C28H30N6O3/c1-36-17-5-8-24(35)32-20-11-13-21(14-12-20)34-28-25(27(29)30-18-31-28)26(33-34)19-9-15-23(16-10-19)37-22-6-3-2-4-7-22/h2-10,15-16,18,20-21H,11-14,17H2,1H3,(H,32,35)(H2,29,30,31). The van der Waals surface area contributed by atoms with Gasteiger partial charge in [0, 0.05) is 24.8 Å². The highest BCUT2D eigenvalue weighted by Gasteiger charge is 2.27. The molecule has 0 aliphatic heterocycles. The Morgan fingerprint density at radius 2 is 1.78 bits per heavy atom. The number of carbonyl (C=O) groups is 1. The number of methoxy groups -OCH3 is 1. The molecule has 1 aliphatic carbocycles. The van der Waals surface area contributed by atoms with Crippen molar-refractivity contribution in [2.75, 3.05) is 19.5 Å². The van der Waals surface area contributed by atoms with Gasteiger partial charge in [-0.15, -0.1) is 0 Å². The molecular weight excluding hydrogens is 468 g/mol. The van der Waals surface area contributed by atoms with Gasteiger partial charge in [0.2, 0.25) is 5.91 Å². The van der Waals surface area contributed by atoms with E-state index in [1.807, 2.05) is 59.3 Å². The Kier molecular flexibility index (Phi) is 7.41. The lowest BCUT2D eigenvalue weighted by atomic mass is 9.91. The van der Waals surface area contributed by atoms with E-state index in [4.69, 9.17) is 20.3 Å². The van der Waals surface area contributed by atoms with Gasteiger partial charge in [0.25, 0.3) is 0 Å². The van der Waals surface area contributed by atoms with Gasteiger partial charge in [-0.25, -0.2) is 14.6 Å². The van der Waals surface area contributed by atoms with Crippen molar-refractivity contribution >= 4 is 22.8 Å². The summed E-state index contributed by atoms with van der Waals surface area (Å²) in [6.07, 6.45) is 8.18.